The van der Waals surface area contributed by atoms with Gasteiger partial charge in [0.1, 0.15) is 5.75 Å². The normalized spacial score (nSPS) is 20.9. The van der Waals surface area contributed by atoms with E-state index in [4.69, 9.17) is 16.3 Å². The molecule has 0 aliphatic carbocycles. The number of fused-ring (bicyclic) bond motifs is 1. The molecule has 68 valence electrons. The number of anilines is 1. The molecule has 0 radical (unpaired) electrons. The van der Waals surface area contributed by atoms with E-state index in [0.29, 0.717) is 5.75 Å². The van der Waals surface area contributed by atoms with E-state index < -0.39 is 5.56 Å². The molecule has 1 amide bonds. The first-order valence-electron chi connectivity index (χ1n) is 3.87. The van der Waals surface area contributed by atoms with Crippen LogP contribution in [0, 0.1) is 0 Å². The average molecular weight is 198 g/mol. The van der Waals surface area contributed by atoms with Crippen LogP contribution in [0.5, 0.6) is 5.75 Å². The van der Waals surface area contributed by atoms with Crippen LogP contribution in [0.4, 0.5) is 5.69 Å². The molecule has 0 aromatic heterocycles. The van der Waals surface area contributed by atoms with Crippen LogP contribution in [0.2, 0.25) is 0 Å². The minimum atomic E-state index is -0.903. The zero-order valence-electron chi connectivity index (χ0n) is 7.03. The van der Waals surface area contributed by atoms with E-state index in [0.717, 1.165) is 5.69 Å². The van der Waals surface area contributed by atoms with E-state index in [1.54, 1.807) is 13.1 Å². The van der Waals surface area contributed by atoms with Gasteiger partial charge in [0, 0.05) is 7.05 Å². The fourth-order valence-electron chi connectivity index (χ4n) is 1.27. The Bertz CT molecular complexity index is 353. The number of alkyl halides is 1. The van der Waals surface area contributed by atoms with Crippen molar-refractivity contribution in [3.8, 4) is 5.75 Å². The van der Waals surface area contributed by atoms with Gasteiger partial charge in [-0.1, -0.05) is 23.7 Å². The van der Waals surface area contributed by atoms with Crippen LogP contribution in [0.15, 0.2) is 24.3 Å². The molecule has 13 heavy (non-hydrogen) atoms. The predicted octanol–water partition coefficient (Wildman–Crippen LogP) is 1.61. The Hall–Kier alpha value is -1.22. The second kappa shape index (κ2) is 2.92. The van der Waals surface area contributed by atoms with Gasteiger partial charge < -0.3 is 9.64 Å². The highest BCUT2D eigenvalue weighted by atomic mass is 35.5. The number of nitrogens with zero attached hydrogens (tertiary/aromatic N) is 1. The zero-order chi connectivity index (χ0) is 9.42. The van der Waals surface area contributed by atoms with Crippen molar-refractivity contribution >= 4 is 23.2 Å². The summed E-state index contributed by atoms with van der Waals surface area (Å²) in [5.41, 5.74) is -0.149. The van der Waals surface area contributed by atoms with Crippen LogP contribution < -0.4 is 9.64 Å². The number of para-hydroxylation sites is 2. The molecule has 1 aromatic carbocycles. The fourth-order valence-corrected chi connectivity index (χ4v) is 1.51. The topological polar surface area (TPSA) is 29.5 Å². The SMILES string of the molecule is CN1C(=O)C(Cl)Oc2ccccc21. The van der Waals surface area contributed by atoms with Crippen LogP contribution in [0.1, 0.15) is 0 Å². The van der Waals surface area contributed by atoms with Crippen LogP contribution in [0.3, 0.4) is 0 Å². The van der Waals surface area contributed by atoms with Gasteiger partial charge >= 0.3 is 0 Å². The van der Waals surface area contributed by atoms with Gasteiger partial charge in [0.05, 0.1) is 5.69 Å². The molecule has 1 heterocycles. The molecule has 4 heteroatoms. The molecule has 1 aliphatic heterocycles. The first kappa shape index (κ1) is 8.38. The Labute approximate surface area is 80.9 Å². The molecule has 1 aromatic rings. The molecule has 1 aliphatic rings. The lowest BCUT2D eigenvalue weighted by Gasteiger charge is -2.28. The third-order valence-corrected chi connectivity index (χ3v) is 2.26. The number of halogens is 1. The standard InChI is InChI=1S/C9H8ClNO2/c1-11-6-4-2-3-5-7(6)13-8(10)9(11)12/h2-5,8H,1H3. The lowest BCUT2D eigenvalue weighted by atomic mass is 10.2. The summed E-state index contributed by atoms with van der Waals surface area (Å²) in [6.45, 7) is 0. The maximum Gasteiger partial charge on any atom is 0.283 e. The molecular weight excluding hydrogens is 190 g/mol. The molecule has 0 saturated carbocycles. The number of hydrogen-bond donors (Lipinski definition) is 0. The number of ether oxygens (including phenoxy) is 1. The van der Waals surface area contributed by atoms with E-state index in [-0.39, 0.29) is 5.91 Å². The van der Waals surface area contributed by atoms with Crippen molar-refractivity contribution in [3.05, 3.63) is 24.3 Å². The van der Waals surface area contributed by atoms with Crippen LogP contribution in [-0.2, 0) is 4.79 Å². The van der Waals surface area contributed by atoms with Crippen molar-refractivity contribution in [2.45, 2.75) is 5.56 Å². The Morgan fingerprint density at radius 2 is 2.15 bits per heavy atom. The van der Waals surface area contributed by atoms with Crippen molar-refractivity contribution in [2.75, 3.05) is 11.9 Å². The lowest BCUT2D eigenvalue weighted by molar-refractivity contribution is -0.122. The second-order valence-electron chi connectivity index (χ2n) is 2.80. The van der Waals surface area contributed by atoms with E-state index in [9.17, 15) is 4.79 Å². The number of carbonyl (C=O) groups excluding carboxylic acids is 1. The number of hydrogen-bond acceptors (Lipinski definition) is 2. The summed E-state index contributed by atoms with van der Waals surface area (Å²) in [4.78, 5) is 12.9. The summed E-state index contributed by atoms with van der Waals surface area (Å²) in [5, 5.41) is 0. The molecule has 0 bridgehead atoms. The van der Waals surface area contributed by atoms with Crippen molar-refractivity contribution < 1.29 is 9.53 Å². The molecule has 1 atom stereocenters. The summed E-state index contributed by atoms with van der Waals surface area (Å²) in [5.74, 6) is 0.407. The van der Waals surface area contributed by atoms with Gasteiger partial charge in [-0.2, -0.15) is 0 Å². The maximum atomic E-state index is 11.4. The molecule has 1 unspecified atom stereocenters. The first-order valence-corrected chi connectivity index (χ1v) is 4.31. The number of rotatable bonds is 0. The monoisotopic (exact) mass is 197 g/mol. The zero-order valence-corrected chi connectivity index (χ0v) is 7.78. The average Bonchev–Trinajstić information content (AvgIpc) is 2.15. The summed E-state index contributed by atoms with van der Waals surface area (Å²) in [7, 11) is 1.68. The number of carbonyl (C=O) groups is 1. The Morgan fingerprint density at radius 3 is 2.92 bits per heavy atom. The quantitative estimate of drug-likeness (QED) is 0.592. The Kier molecular flexibility index (Phi) is 1.88. The van der Waals surface area contributed by atoms with Gasteiger partial charge in [0.15, 0.2) is 0 Å². The molecule has 0 fully saturated rings. The smallest absolute Gasteiger partial charge is 0.283 e. The molecule has 2 rings (SSSR count). The summed E-state index contributed by atoms with van der Waals surface area (Å²) >= 11 is 5.68. The fraction of sp³-hybridized carbons (Fsp3) is 0.222. The van der Waals surface area contributed by atoms with Gasteiger partial charge in [-0.25, -0.2) is 0 Å². The maximum absolute atomic E-state index is 11.4. The van der Waals surface area contributed by atoms with Crippen LogP contribution >= 0.6 is 11.6 Å². The van der Waals surface area contributed by atoms with E-state index in [2.05, 4.69) is 0 Å². The van der Waals surface area contributed by atoms with Gasteiger partial charge in [0.25, 0.3) is 11.5 Å². The third kappa shape index (κ3) is 1.25. The summed E-state index contributed by atoms with van der Waals surface area (Å²) in [6, 6.07) is 7.29. The molecule has 0 saturated heterocycles. The number of benzene rings is 1. The minimum Gasteiger partial charge on any atom is -0.463 e. The second-order valence-corrected chi connectivity index (χ2v) is 3.20. The van der Waals surface area contributed by atoms with Gasteiger partial charge in [0.2, 0.25) is 0 Å². The Morgan fingerprint density at radius 1 is 1.46 bits per heavy atom. The highest BCUT2D eigenvalue weighted by molar-refractivity contribution is 6.32. The molecule has 0 spiro atoms. The first-order chi connectivity index (χ1) is 6.20. The lowest BCUT2D eigenvalue weighted by Crippen LogP contribution is -2.40. The summed E-state index contributed by atoms with van der Waals surface area (Å²) < 4.78 is 5.19. The highest BCUT2D eigenvalue weighted by Gasteiger charge is 2.29. The van der Waals surface area contributed by atoms with Crippen molar-refractivity contribution in [1.82, 2.24) is 0 Å². The third-order valence-electron chi connectivity index (χ3n) is 1.98. The van der Waals surface area contributed by atoms with Crippen molar-refractivity contribution in [2.24, 2.45) is 0 Å². The van der Waals surface area contributed by atoms with E-state index >= 15 is 0 Å². The van der Waals surface area contributed by atoms with Gasteiger partial charge in [-0.15, -0.1) is 0 Å². The Balaban J connectivity index is 2.49. The number of amides is 1. The minimum absolute atomic E-state index is 0.236. The predicted molar refractivity (Wildman–Crippen MR) is 50.1 cm³/mol. The number of likely N-dealkylation sites (N-methyl/N-ethyl adjacent to an activating group) is 1. The van der Waals surface area contributed by atoms with Gasteiger partial charge in [-0.05, 0) is 12.1 Å². The van der Waals surface area contributed by atoms with Gasteiger partial charge in [-0.3, -0.25) is 4.79 Å². The van der Waals surface area contributed by atoms with Crippen LogP contribution in [0.25, 0.3) is 0 Å². The van der Waals surface area contributed by atoms with Crippen molar-refractivity contribution in [3.63, 3.8) is 0 Å². The molecule has 0 N–H and O–H groups in total. The van der Waals surface area contributed by atoms with E-state index in [1.165, 1.54) is 4.90 Å². The molecular formula is C9H8ClNO2. The largest absolute Gasteiger partial charge is 0.463 e. The van der Waals surface area contributed by atoms with Crippen LogP contribution in [-0.4, -0.2) is 18.5 Å². The summed E-state index contributed by atoms with van der Waals surface area (Å²) in [6.07, 6.45) is 0. The van der Waals surface area contributed by atoms with E-state index in [1.807, 2.05) is 18.2 Å². The molecule has 3 nitrogen and oxygen atoms in total. The van der Waals surface area contributed by atoms with Crippen molar-refractivity contribution in [1.29, 1.82) is 0 Å². The highest BCUT2D eigenvalue weighted by Crippen LogP contribution is 2.33.